The predicted molar refractivity (Wildman–Crippen MR) is 88.5 cm³/mol. The normalized spacial score (nSPS) is 25.2. The molecular weight excluding hydrogens is 260 g/mol. The van der Waals surface area contributed by atoms with Gasteiger partial charge < -0.3 is 10.1 Å². The van der Waals surface area contributed by atoms with Crippen LogP contribution in [0.4, 0.5) is 0 Å². The van der Waals surface area contributed by atoms with E-state index >= 15 is 0 Å². The highest BCUT2D eigenvalue weighted by Gasteiger charge is 2.32. The second kappa shape index (κ2) is 7.92. The van der Waals surface area contributed by atoms with Crippen molar-refractivity contribution in [1.29, 1.82) is 0 Å². The van der Waals surface area contributed by atoms with Gasteiger partial charge in [-0.2, -0.15) is 0 Å². The number of methoxy groups -OCH3 is 1. The SMILES string of the molecule is COCCC(C)N1CC(C(C)C)NCC1c1ccccc1. The average molecular weight is 290 g/mol. The molecule has 3 nitrogen and oxygen atoms in total. The Balaban J connectivity index is 2.13. The van der Waals surface area contributed by atoms with Crippen LogP contribution in [0.25, 0.3) is 0 Å². The Labute approximate surface area is 129 Å². The number of nitrogens with zero attached hydrogens (tertiary/aromatic N) is 1. The first-order chi connectivity index (χ1) is 10.1. The van der Waals surface area contributed by atoms with Crippen molar-refractivity contribution in [1.82, 2.24) is 10.2 Å². The molecular formula is C18H30N2O. The summed E-state index contributed by atoms with van der Waals surface area (Å²) in [6.45, 7) is 9.92. The molecule has 0 bridgehead atoms. The Kier molecular flexibility index (Phi) is 6.22. The van der Waals surface area contributed by atoms with Gasteiger partial charge in [0.15, 0.2) is 0 Å². The first kappa shape index (κ1) is 16.5. The molecule has 3 unspecified atom stereocenters. The zero-order valence-corrected chi connectivity index (χ0v) is 13.9. The quantitative estimate of drug-likeness (QED) is 0.871. The molecule has 1 aromatic rings. The van der Waals surface area contributed by atoms with Gasteiger partial charge in [-0.15, -0.1) is 0 Å². The van der Waals surface area contributed by atoms with Crippen molar-refractivity contribution in [2.75, 3.05) is 26.8 Å². The maximum atomic E-state index is 5.28. The second-order valence-electron chi connectivity index (χ2n) is 6.51. The van der Waals surface area contributed by atoms with Crippen molar-refractivity contribution in [2.45, 2.75) is 45.3 Å². The fourth-order valence-corrected chi connectivity index (χ4v) is 3.17. The molecule has 0 radical (unpaired) electrons. The Hall–Kier alpha value is -0.900. The van der Waals surface area contributed by atoms with Gasteiger partial charge >= 0.3 is 0 Å². The van der Waals surface area contributed by atoms with Gasteiger partial charge in [0.05, 0.1) is 0 Å². The topological polar surface area (TPSA) is 24.5 Å². The molecule has 0 spiro atoms. The van der Waals surface area contributed by atoms with Crippen LogP contribution in [-0.4, -0.2) is 43.8 Å². The van der Waals surface area contributed by atoms with Crippen molar-refractivity contribution in [3.8, 4) is 0 Å². The monoisotopic (exact) mass is 290 g/mol. The van der Waals surface area contributed by atoms with Gasteiger partial charge in [-0.1, -0.05) is 44.2 Å². The summed E-state index contributed by atoms with van der Waals surface area (Å²) in [5, 5.41) is 3.74. The molecule has 1 aromatic carbocycles. The van der Waals surface area contributed by atoms with E-state index in [9.17, 15) is 0 Å². The van der Waals surface area contributed by atoms with Crippen molar-refractivity contribution in [3.05, 3.63) is 35.9 Å². The van der Waals surface area contributed by atoms with Crippen LogP contribution < -0.4 is 5.32 Å². The predicted octanol–water partition coefficient (Wildman–Crippen LogP) is 3.08. The molecule has 3 heteroatoms. The van der Waals surface area contributed by atoms with Crippen LogP contribution in [0.2, 0.25) is 0 Å². The van der Waals surface area contributed by atoms with E-state index in [4.69, 9.17) is 4.74 Å². The summed E-state index contributed by atoms with van der Waals surface area (Å²) in [5.74, 6) is 0.666. The molecule has 2 rings (SSSR count). The van der Waals surface area contributed by atoms with Gasteiger partial charge in [0.25, 0.3) is 0 Å². The molecule has 1 aliphatic rings. The number of ether oxygens (including phenoxy) is 1. The number of rotatable bonds is 6. The highest BCUT2D eigenvalue weighted by atomic mass is 16.5. The van der Waals surface area contributed by atoms with Crippen molar-refractivity contribution in [3.63, 3.8) is 0 Å². The maximum absolute atomic E-state index is 5.28. The van der Waals surface area contributed by atoms with Gasteiger partial charge in [-0.05, 0) is 24.8 Å². The van der Waals surface area contributed by atoms with E-state index in [0.717, 1.165) is 26.1 Å². The fourth-order valence-electron chi connectivity index (χ4n) is 3.17. The van der Waals surface area contributed by atoms with E-state index in [1.165, 1.54) is 5.56 Å². The van der Waals surface area contributed by atoms with E-state index in [1.54, 1.807) is 7.11 Å². The minimum atomic E-state index is 0.466. The average Bonchev–Trinajstić information content (AvgIpc) is 2.52. The molecule has 0 aliphatic carbocycles. The minimum Gasteiger partial charge on any atom is -0.385 e. The molecule has 1 saturated heterocycles. The summed E-state index contributed by atoms with van der Waals surface area (Å²) in [6, 6.07) is 12.5. The first-order valence-electron chi connectivity index (χ1n) is 8.16. The Bertz CT molecular complexity index is 407. The van der Waals surface area contributed by atoms with Crippen LogP contribution >= 0.6 is 0 Å². The van der Waals surface area contributed by atoms with Gasteiger partial charge in [0, 0.05) is 44.9 Å². The zero-order valence-electron chi connectivity index (χ0n) is 13.9. The molecule has 1 N–H and O–H groups in total. The summed E-state index contributed by atoms with van der Waals surface area (Å²) in [5.41, 5.74) is 1.41. The van der Waals surface area contributed by atoms with E-state index in [2.05, 4.69) is 61.3 Å². The summed E-state index contributed by atoms with van der Waals surface area (Å²) >= 11 is 0. The van der Waals surface area contributed by atoms with Gasteiger partial charge in [0.1, 0.15) is 0 Å². The molecule has 0 saturated carbocycles. The number of hydrogen-bond donors (Lipinski definition) is 1. The summed E-state index contributed by atoms with van der Waals surface area (Å²) < 4.78 is 5.28. The van der Waals surface area contributed by atoms with Crippen molar-refractivity contribution in [2.24, 2.45) is 5.92 Å². The van der Waals surface area contributed by atoms with Gasteiger partial charge in [-0.3, -0.25) is 4.90 Å². The fraction of sp³-hybridized carbons (Fsp3) is 0.667. The van der Waals surface area contributed by atoms with Gasteiger partial charge in [0.2, 0.25) is 0 Å². The lowest BCUT2D eigenvalue weighted by Crippen LogP contribution is -2.56. The number of piperazine rings is 1. The summed E-state index contributed by atoms with van der Waals surface area (Å²) in [7, 11) is 1.79. The molecule has 3 atom stereocenters. The van der Waals surface area contributed by atoms with E-state index < -0.39 is 0 Å². The van der Waals surface area contributed by atoms with E-state index in [-0.39, 0.29) is 0 Å². The largest absolute Gasteiger partial charge is 0.385 e. The third-order valence-electron chi connectivity index (χ3n) is 4.68. The number of hydrogen-bond acceptors (Lipinski definition) is 3. The van der Waals surface area contributed by atoms with Crippen LogP contribution in [0.15, 0.2) is 30.3 Å². The standard InChI is InChI=1S/C18H30N2O/c1-14(2)17-13-20(15(3)10-11-21-4)18(12-19-17)16-8-6-5-7-9-16/h5-9,14-15,17-19H,10-13H2,1-4H3. The molecule has 0 aromatic heterocycles. The second-order valence-corrected chi connectivity index (χ2v) is 6.51. The first-order valence-corrected chi connectivity index (χ1v) is 8.16. The maximum Gasteiger partial charge on any atom is 0.0477 e. The Morgan fingerprint density at radius 3 is 2.57 bits per heavy atom. The zero-order chi connectivity index (χ0) is 15.2. The molecule has 1 aliphatic heterocycles. The van der Waals surface area contributed by atoms with Crippen molar-refractivity contribution >= 4 is 0 Å². The summed E-state index contributed by atoms with van der Waals surface area (Å²) in [4.78, 5) is 2.66. The lowest BCUT2D eigenvalue weighted by atomic mass is 9.94. The third kappa shape index (κ3) is 4.29. The Morgan fingerprint density at radius 1 is 1.24 bits per heavy atom. The highest BCUT2D eigenvalue weighted by Crippen LogP contribution is 2.28. The van der Waals surface area contributed by atoms with Crippen LogP contribution in [0.5, 0.6) is 0 Å². The molecule has 0 amide bonds. The van der Waals surface area contributed by atoms with Crippen LogP contribution in [-0.2, 0) is 4.74 Å². The molecule has 21 heavy (non-hydrogen) atoms. The lowest BCUT2D eigenvalue weighted by molar-refractivity contribution is 0.0578. The lowest BCUT2D eigenvalue weighted by Gasteiger charge is -2.45. The van der Waals surface area contributed by atoms with Crippen LogP contribution in [0, 0.1) is 5.92 Å². The van der Waals surface area contributed by atoms with Crippen LogP contribution in [0.3, 0.4) is 0 Å². The van der Waals surface area contributed by atoms with Crippen LogP contribution in [0.1, 0.15) is 38.8 Å². The number of benzene rings is 1. The van der Waals surface area contributed by atoms with Gasteiger partial charge in [-0.25, -0.2) is 0 Å². The molecule has 1 heterocycles. The smallest absolute Gasteiger partial charge is 0.0477 e. The van der Waals surface area contributed by atoms with E-state index in [0.29, 0.717) is 24.0 Å². The number of nitrogens with one attached hydrogen (secondary N) is 1. The van der Waals surface area contributed by atoms with E-state index in [1.807, 2.05) is 0 Å². The Morgan fingerprint density at radius 2 is 1.95 bits per heavy atom. The third-order valence-corrected chi connectivity index (χ3v) is 4.68. The molecule has 1 fully saturated rings. The minimum absolute atomic E-state index is 0.466. The summed E-state index contributed by atoms with van der Waals surface area (Å²) in [6.07, 6.45) is 1.09. The highest BCUT2D eigenvalue weighted by molar-refractivity contribution is 5.20. The van der Waals surface area contributed by atoms with Crippen molar-refractivity contribution < 1.29 is 4.74 Å². The molecule has 118 valence electrons.